The number of fused-ring (bicyclic) bond motifs is 2. The zero-order chi connectivity index (χ0) is 20.5. The van der Waals surface area contributed by atoms with Crippen molar-refractivity contribution in [2.75, 3.05) is 32.8 Å². The summed E-state index contributed by atoms with van der Waals surface area (Å²) in [5, 5.41) is 12.5. The van der Waals surface area contributed by atoms with Gasteiger partial charge >= 0.3 is 0 Å². The van der Waals surface area contributed by atoms with E-state index in [0.29, 0.717) is 11.1 Å². The van der Waals surface area contributed by atoms with Gasteiger partial charge in [0.05, 0.1) is 13.2 Å². The first-order valence-electron chi connectivity index (χ1n) is 10.3. The smallest absolute Gasteiger partial charge is 0.195 e. The summed E-state index contributed by atoms with van der Waals surface area (Å²) >= 11 is 0. The zero-order valence-electron chi connectivity index (χ0n) is 16.8. The second-order valence-electron chi connectivity index (χ2n) is 7.75. The predicted molar refractivity (Wildman–Crippen MR) is 118 cm³/mol. The number of morpholine rings is 1. The highest BCUT2D eigenvalue weighted by Gasteiger charge is 2.19. The summed E-state index contributed by atoms with van der Waals surface area (Å²) in [4.78, 5) is 16.0. The molecule has 5 rings (SSSR count). The molecule has 0 aliphatic carbocycles. The fourth-order valence-corrected chi connectivity index (χ4v) is 4.30. The van der Waals surface area contributed by atoms with Gasteiger partial charge in [0.2, 0.25) is 0 Å². The molecular weight excluding hydrogens is 376 g/mol. The van der Waals surface area contributed by atoms with Crippen molar-refractivity contribution in [2.45, 2.75) is 6.54 Å². The third kappa shape index (κ3) is 3.47. The van der Waals surface area contributed by atoms with Crippen LogP contribution in [0.1, 0.15) is 15.9 Å². The van der Waals surface area contributed by atoms with Crippen LogP contribution < -0.4 is 0 Å². The highest BCUT2D eigenvalue weighted by atomic mass is 16.5. The Kier molecular flexibility index (Phi) is 4.99. The van der Waals surface area contributed by atoms with Gasteiger partial charge in [0, 0.05) is 54.4 Å². The van der Waals surface area contributed by atoms with Crippen molar-refractivity contribution in [2.24, 2.45) is 0 Å². The van der Waals surface area contributed by atoms with Gasteiger partial charge < -0.3 is 14.4 Å². The minimum Gasteiger partial charge on any atom is -0.508 e. The van der Waals surface area contributed by atoms with Crippen molar-refractivity contribution in [1.29, 1.82) is 0 Å². The second kappa shape index (κ2) is 7.94. The summed E-state index contributed by atoms with van der Waals surface area (Å²) in [7, 11) is 0. The highest BCUT2D eigenvalue weighted by molar-refractivity contribution is 6.21. The summed E-state index contributed by atoms with van der Waals surface area (Å²) < 4.78 is 7.63. The first-order valence-corrected chi connectivity index (χ1v) is 10.3. The molecule has 2 heterocycles. The molecule has 1 N–H and O–H groups in total. The Morgan fingerprint density at radius 3 is 2.60 bits per heavy atom. The van der Waals surface area contributed by atoms with Crippen LogP contribution in [0.25, 0.3) is 21.7 Å². The summed E-state index contributed by atoms with van der Waals surface area (Å²) in [5.41, 5.74) is 2.45. The highest BCUT2D eigenvalue weighted by Crippen LogP contribution is 2.28. The van der Waals surface area contributed by atoms with Crippen molar-refractivity contribution in [1.82, 2.24) is 9.47 Å². The minimum atomic E-state index is 0.00705. The number of benzene rings is 3. The molecule has 0 spiro atoms. The van der Waals surface area contributed by atoms with Gasteiger partial charge in [-0.1, -0.05) is 36.4 Å². The number of phenols is 1. The van der Waals surface area contributed by atoms with Gasteiger partial charge in [-0.25, -0.2) is 0 Å². The Labute approximate surface area is 175 Å². The molecule has 3 aromatic carbocycles. The third-order valence-corrected chi connectivity index (χ3v) is 5.90. The molecule has 1 aromatic heterocycles. The fraction of sp³-hybridized carbons (Fsp3) is 0.240. The van der Waals surface area contributed by atoms with E-state index in [2.05, 4.69) is 15.5 Å². The third-order valence-electron chi connectivity index (χ3n) is 5.90. The molecule has 0 unspecified atom stereocenters. The van der Waals surface area contributed by atoms with E-state index in [-0.39, 0.29) is 11.5 Å². The number of ether oxygens (including phenoxy) is 1. The quantitative estimate of drug-likeness (QED) is 0.513. The number of carbonyl (C=O) groups is 1. The molecule has 4 aromatic rings. The van der Waals surface area contributed by atoms with Crippen LogP contribution in [0.4, 0.5) is 0 Å². The van der Waals surface area contributed by atoms with Gasteiger partial charge in [0.15, 0.2) is 5.78 Å². The Bertz CT molecular complexity index is 1220. The number of rotatable bonds is 5. The van der Waals surface area contributed by atoms with Gasteiger partial charge in [-0.15, -0.1) is 0 Å². The Balaban J connectivity index is 1.52. The van der Waals surface area contributed by atoms with Gasteiger partial charge in [0.1, 0.15) is 5.75 Å². The number of ketones is 1. The van der Waals surface area contributed by atoms with E-state index in [1.54, 1.807) is 12.1 Å². The molecule has 1 fully saturated rings. The van der Waals surface area contributed by atoms with Crippen molar-refractivity contribution in [3.8, 4) is 5.75 Å². The number of aromatic nitrogens is 1. The molecule has 30 heavy (non-hydrogen) atoms. The molecule has 152 valence electrons. The molecular formula is C25H24N2O3. The van der Waals surface area contributed by atoms with Crippen LogP contribution in [0.15, 0.2) is 66.9 Å². The van der Waals surface area contributed by atoms with E-state index in [9.17, 15) is 9.90 Å². The Morgan fingerprint density at radius 2 is 1.73 bits per heavy atom. The van der Waals surface area contributed by atoms with Crippen molar-refractivity contribution in [3.05, 3.63) is 78.0 Å². The SMILES string of the molecule is O=C(c1cccc2cc(O)ccc12)c1cn(CCN2CCOCC2)c2ccccc12. The second-order valence-corrected chi connectivity index (χ2v) is 7.75. The van der Waals surface area contributed by atoms with E-state index >= 15 is 0 Å². The number of phenolic OH excluding ortho intramolecular Hbond substituents is 1. The normalized spacial score (nSPS) is 15.1. The summed E-state index contributed by atoms with van der Waals surface area (Å²) in [6.07, 6.45) is 1.99. The molecule has 0 radical (unpaired) electrons. The maximum absolute atomic E-state index is 13.6. The number of aromatic hydroxyl groups is 1. The number of nitrogens with zero attached hydrogens (tertiary/aromatic N) is 2. The lowest BCUT2D eigenvalue weighted by Crippen LogP contribution is -2.38. The van der Waals surface area contributed by atoms with Crippen LogP contribution in [-0.2, 0) is 11.3 Å². The van der Waals surface area contributed by atoms with Crippen molar-refractivity contribution in [3.63, 3.8) is 0 Å². The Morgan fingerprint density at radius 1 is 0.900 bits per heavy atom. The number of hydrogen-bond acceptors (Lipinski definition) is 4. The van der Waals surface area contributed by atoms with Gasteiger partial charge in [-0.3, -0.25) is 9.69 Å². The van der Waals surface area contributed by atoms with Crippen LogP contribution in [-0.4, -0.2) is 53.2 Å². The minimum absolute atomic E-state index is 0.00705. The van der Waals surface area contributed by atoms with Crippen LogP contribution in [0.2, 0.25) is 0 Å². The van der Waals surface area contributed by atoms with E-state index in [0.717, 1.165) is 61.1 Å². The van der Waals surface area contributed by atoms with Crippen LogP contribution in [0.5, 0.6) is 5.75 Å². The van der Waals surface area contributed by atoms with Gasteiger partial charge in [0.25, 0.3) is 0 Å². The predicted octanol–water partition coefficient (Wildman–Crippen LogP) is 4.06. The van der Waals surface area contributed by atoms with Crippen LogP contribution >= 0.6 is 0 Å². The van der Waals surface area contributed by atoms with Gasteiger partial charge in [-0.05, 0) is 35.0 Å². The molecule has 0 bridgehead atoms. The molecule has 1 aliphatic heterocycles. The number of hydrogen-bond donors (Lipinski definition) is 1. The largest absolute Gasteiger partial charge is 0.508 e. The first-order chi connectivity index (χ1) is 14.7. The van der Waals surface area contributed by atoms with Gasteiger partial charge in [-0.2, -0.15) is 0 Å². The van der Waals surface area contributed by atoms with E-state index in [1.165, 1.54) is 0 Å². The lowest BCUT2D eigenvalue weighted by atomic mass is 9.97. The molecule has 5 nitrogen and oxygen atoms in total. The van der Waals surface area contributed by atoms with Crippen molar-refractivity contribution >= 4 is 27.5 Å². The summed E-state index contributed by atoms with van der Waals surface area (Å²) in [6.45, 7) is 5.24. The average Bonchev–Trinajstić information content (AvgIpc) is 3.16. The lowest BCUT2D eigenvalue weighted by molar-refractivity contribution is 0.0365. The molecule has 1 aliphatic rings. The van der Waals surface area contributed by atoms with Crippen molar-refractivity contribution < 1.29 is 14.6 Å². The van der Waals surface area contributed by atoms with E-state index in [1.807, 2.05) is 48.7 Å². The molecule has 0 saturated carbocycles. The fourth-order valence-electron chi connectivity index (χ4n) is 4.30. The van der Waals surface area contributed by atoms with E-state index < -0.39 is 0 Å². The summed E-state index contributed by atoms with van der Waals surface area (Å²) in [5.74, 6) is 0.208. The maximum Gasteiger partial charge on any atom is 0.195 e. The standard InChI is InChI=1S/C25H24N2O3/c28-19-8-9-20-18(16-19)4-3-6-22(20)25(29)23-17-27(24-7-2-1-5-21(23)24)11-10-26-12-14-30-15-13-26/h1-9,16-17,28H,10-15H2. The average molecular weight is 400 g/mol. The number of para-hydroxylation sites is 1. The molecule has 0 atom stereocenters. The topological polar surface area (TPSA) is 54.7 Å². The van der Waals surface area contributed by atoms with Crippen LogP contribution in [0.3, 0.4) is 0 Å². The van der Waals surface area contributed by atoms with E-state index in [4.69, 9.17) is 4.74 Å². The van der Waals surface area contributed by atoms with Crippen LogP contribution in [0, 0.1) is 0 Å². The maximum atomic E-state index is 13.6. The molecule has 1 saturated heterocycles. The molecule has 0 amide bonds. The zero-order valence-corrected chi connectivity index (χ0v) is 16.8. The lowest BCUT2D eigenvalue weighted by Gasteiger charge is -2.26. The number of carbonyl (C=O) groups excluding carboxylic acids is 1. The first kappa shape index (κ1) is 18.9. The Hall–Kier alpha value is -3.15. The molecule has 5 heteroatoms. The summed E-state index contributed by atoms with van der Waals surface area (Å²) in [6, 6.07) is 18.9. The monoisotopic (exact) mass is 400 g/mol.